The molecule has 0 radical (unpaired) electrons. The van der Waals surface area contributed by atoms with Crippen molar-refractivity contribution in [1.82, 2.24) is 9.97 Å². The standard InChI is InChI=1S/C10H14N2O3/c1-10(2,3)6-4-8(13)12-7(11-6)5-9(14)15/h4H,5H2,1-3H3,(H,14,15)(H,11,12,13). The summed E-state index contributed by atoms with van der Waals surface area (Å²) < 4.78 is 0. The summed E-state index contributed by atoms with van der Waals surface area (Å²) in [5, 5.41) is 8.59. The molecule has 1 heterocycles. The maximum absolute atomic E-state index is 11.3. The number of carboxylic acids is 1. The third-order valence-electron chi connectivity index (χ3n) is 1.88. The van der Waals surface area contributed by atoms with E-state index in [1.54, 1.807) is 0 Å². The highest BCUT2D eigenvalue weighted by molar-refractivity contribution is 5.68. The Morgan fingerprint density at radius 3 is 2.60 bits per heavy atom. The van der Waals surface area contributed by atoms with Gasteiger partial charge in [-0.05, 0) is 0 Å². The lowest BCUT2D eigenvalue weighted by molar-refractivity contribution is -0.136. The van der Waals surface area contributed by atoms with Gasteiger partial charge < -0.3 is 10.1 Å². The van der Waals surface area contributed by atoms with Crippen LogP contribution in [-0.4, -0.2) is 21.0 Å². The van der Waals surface area contributed by atoms with Gasteiger partial charge in [0.25, 0.3) is 5.56 Å². The summed E-state index contributed by atoms with van der Waals surface area (Å²) in [5.74, 6) is -0.816. The van der Waals surface area contributed by atoms with Crippen LogP contribution in [0, 0.1) is 0 Å². The second-order valence-corrected chi connectivity index (χ2v) is 4.40. The predicted octanol–water partition coefficient (Wildman–Crippen LogP) is 0.695. The minimum absolute atomic E-state index is 0.194. The van der Waals surface area contributed by atoms with Gasteiger partial charge in [0.2, 0.25) is 0 Å². The van der Waals surface area contributed by atoms with Crippen molar-refractivity contribution in [2.24, 2.45) is 0 Å². The van der Waals surface area contributed by atoms with Gasteiger partial charge in [0.15, 0.2) is 0 Å². The molecular formula is C10H14N2O3. The van der Waals surface area contributed by atoms with Crippen LogP contribution >= 0.6 is 0 Å². The van der Waals surface area contributed by atoms with Crippen LogP contribution in [0.4, 0.5) is 0 Å². The summed E-state index contributed by atoms with van der Waals surface area (Å²) in [6.07, 6.45) is -0.265. The van der Waals surface area contributed by atoms with Gasteiger partial charge in [0.05, 0.1) is 5.69 Å². The number of aliphatic carboxylic acids is 1. The summed E-state index contributed by atoms with van der Waals surface area (Å²) in [7, 11) is 0. The molecule has 0 aliphatic heterocycles. The van der Waals surface area contributed by atoms with Gasteiger partial charge in [-0.25, -0.2) is 4.98 Å². The Hall–Kier alpha value is -1.65. The molecule has 1 aromatic heterocycles. The number of carboxylic acid groups (broad SMARTS) is 1. The van der Waals surface area contributed by atoms with Crippen LogP contribution in [0.1, 0.15) is 32.3 Å². The number of aromatic nitrogens is 2. The molecule has 0 amide bonds. The zero-order valence-corrected chi connectivity index (χ0v) is 9.00. The van der Waals surface area contributed by atoms with E-state index < -0.39 is 5.97 Å². The molecule has 5 nitrogen and oxygen atoms in total. The van der Waals surface area contributed by atoms with Crippen LogP contribution in [0.15, 0.2) is 10.9 Å². The number of nitrogens with one attached hydrogen (secondary N) is 1. The van der Waals surface area contributed by atoms with Crippen molar-refractivity contribution in [3.63, 3.8) is 0 Å². The van der Waals surface area contributed by atoms with Gasteiger partial charge in [0, 0.05) is 11.5 Å². The molecule has 5 heteroatoms. The van der Waals surface area contributed by atoms with Crippen molar-refractivity contribution in [2.45, 2.75) is 32.6 Å². The number of rotatable bonds is 2. The molecule has 1 rings (SSSR count). The maximum atomic E-state index is 11.3. The molecule has 0 bridgehead atoms. The number of hydrogen-bond acceptors (Lipinski definition) is 3. The Morgan fingerprint density at radius 1 is 1.53 bits per heavy atom. The van der Waals surface area contributed by atoms with E-state index in [2.05, 4.69) is 9.97 Å². The first kappa shape index (κ1) is 11.4. The van der Waals surface area contributed by atoms with E-state index in [1.165, 1.54) is 6.07 Å². The topological polar surface area (TPSA) is 83.0 Å². The Labute approximate surface area is 87.2 Å². The minimum atomic E-state index is -1.01. The van der Waals surface area contributed by atoms with Crippen molar-refractivity contribution in [3.8, 4) is 0 Å². The number of nitrogens with zero attached hydrogens (tertiary/aromatic N) is 1. The van der Waals surface area contributed by atoms with E-state index in [4.69, 9.17) is 5.11 Å². The van der Waals surface area contributed by atoms with Crippen LogP contribution in [0.2, 0.25) is 0 Å². The first-order chi connectivity index (χ1) is 6.79. The highest BCUT2D eigenvalue weighted by Gasteiger charge is 2.17. The molecule has 0 aromatic carbocycles. The Morgan fingerprint density at radius 2 is 2.13 bits per heavy atom. The van der Waals surface area contributed by atoms with E-state index in [-0.39, 0.29) is 23.2 Å². The lowest BCUT2D eigenvalue weighted by atomic mass is 9.92. The lowest BCUT2D eigenvalue weighted by Crippen LogP contribution is -2.22. The van der Waals surface area contributed by atoms with Gasteiger partial charge in [-0.1, -0.05) is 20.8 Å². The smallest absolute Gasteiger partial charge is 0.311 e. The third-order valence-corrected chi connectivity index (χ3v) is 1.88. The average Bonchev–Trinajstić information content (AvgIpc) is 1.99. The van der Waals surface area contributed by atoms with Gasteiger partial charge in [-0.3, -0.25) is 9.59 Å². The molecule has 0 aliphatic rings. The Bertz CT molecular complexity index is 429. The zero-order valence-electron chi connectivity index (χ0n) is 9.00. The molecule has 0 saturated heterocycles. The van der Waals surface area contributed by atoms with Crippen LogP contribution in [0.3, 0.4) is 0 Å². The first-order valence-corrected chi connectivity index (χ1v) is 4.61. The number of carbonyl (C=O) groups is 1. The minimum Gasteiger partial charge on any atom is -0.481 e. The van der Waals surface area contributed by atoms with E-state index in [1.807, 2.05) is 20.8 Å². The molecule has 0 spiro atoms. The Kier molecular flexibility index (Phi) is 2.93. The first-order valence-electron chi connectivity index (χ1n) is 4.61. The van der Waals surface area contributed by atoms with Crippen molar-refractivity contribution >= 4 is 5.97 Å². The third kappa shape index (κ3) is 3.19. The number of aromatic amines is 1. The van der Waals surface area contributed by atoms with Gasteiger partial charge >= 0.3 is 5.97 Å². The van der Waals surface area contributed by atoms with Gasteiger partial charge in [0.1, 0.15) is 12.2 Å². The quantitative estimate of drug-likeness (QED) is 0.752. The van der Waals surface area contributed by atoms with E-state index in [0.29, 0.717) is 5.69 Å². The molecule has 15 heavy (non-hydrogen) atoms. The second-order valence-electron chi connectivity index (χ2n) is 4.40. The lowest BCUT2D eigenvalue weighted by Gasteiger charge is -2.17. The van der Waals surface area contributed by atoms with Crippen LogP contribution in [0.5, 0.6) is 0 Å². The van der Waals surface area contributed by atoms with Crippen molar-refractivity contribution in [2.75, 3.05) is 0 Å². The second kappa shape index (κ2) is 3.84. The molecular weight excluding hydrogens is 196 g/mol. The van der Waals surface area contributed by atoms with E-state index >= 15 is 0 Å². The fraction of sp³-hybridized carbons (Fsp3) is 0.500. The Balaban J connectivity index is 3.17. The maximum Gasteiger partial charge on any atom is 0.311 e. The largest absolute Gasteiger partial charge is 0.481 e. The fourth-order valence-electron chi connectivity index (χ4n) is 1.12. The van der Waals surface area contributed by atoms with Crippen molar-refractivity contribution in [3.05, 3.63) is 27.9 Å². The summed E-state index contributed by atoms with van der Waals surface area (Å²) in [6.45, 7) is 5.75. The monoisotopic (exact) mass is 210 g/mol. The normalized spacial score (nSPS) is 11.4. The highest BCUT2D eigenvalue weighted by Crippen LogP contribution is 2.18. The zero-order chi connectivity index (χ0) is 11.6. The van der Waals surface area contributed by atoms with Crippen LogP contribution in [0.25, 0.3) is 0 Å². The van der Waals surface area contributed by atoms with Crippen molar-refractivity contribution in [1.29, 1.82) is 0 Å². The SMILES string of the molecule is CC(C)(C)c1cc(=O)[nH]c(CC(=O)O)n1. The predicted molar refractivity (Wildman–Crippen MR) is 54.9 cm³/mol. The van der Waals surface area contributed by atoms with E-state index in [9.17, 15) is 9.59 Å². The molecule has 0 atom stereocenters. The molecule has 82 valence electrons. The summed E-state index contributed by atoms with van der Waals surface area (Å²) in [4.78, 5) is 28.2. The highest BCUT2D eigenvalue weighted by atomic mass is 16.4. The number of hydrogen-bond donors (Lipinski definition) is 2. The van der Waals surface area contributed by atoms with Crippen LogP contribution < -0.4 is 5.56 Å². The number of H-pyrrole nitrogens is 1. The molecule has 0 fully saturated rings. The molecule has 0 saturated carbocycles. The van der Waals surface area contributed by atoms with Gasteiger partial charge in [-0.2, -0.15) is 0 Å². The molecule has 2 N–H and O–H groups in total. The van der Waals surface area contributed by atoms with Crippen molar-refractivity contribution < 1.29 is 9.90 Å². The average molecular weight is 210 g/mol. The fourth-order valence-corrected chi connectivity index (χ4v) is 1.12. The summed E-state index contributed by atoms with van der Waals surface area (Å²) in [5.41, 5.74) is 0.0234. The van der Waals surface area contributed by atoms with E-state index in [0.717, 1.165) is 0 Å². The molecule has 0 unspecified atom stereocenters. The van der Waals surface area contributed by atoms with Crippen LogP contribution in [-0.2, 0) is 16.6 Å². The summed E-state index contributed by atoms with van der Waals surface area (Å²) in [6, 6.07) is 1.39. The van der Waals surface area contributed by atoms with Gasteiger partial charge in [-0.15, -0.1) is 0 Å². The molecule has 0 aliphatic carbocycles. The summed E-state index contributed by atoms with van der Waals surface area (Å²) >= 11 is 0. The molecule has 1 aromatic rings.